The molecule has 1 amide bonds. The first-order valence-electron chi connectivity index (χ1n) is 5.86. The van der Waals surface area contributed by atoms with Crippen LogP contribution in [0, 0.1) is 11.3 Å². The van der Waals surface area contributed by atoms with Crippen molar-refractivity contribution in [3.63, 3.8) is 0 Å². The number of hydrogen-bond acceptors (Lipinski definition) is 2. The van der Waals surface area contributed by atoms with E-state index in [1.807, 2.05) is 4.90 Å². The Morgan fingerprint density at radius 3 is 2.47 bits per heavy atom. The highest BCUT2D eigenvalue weighted by atomic mass is 16.2. The molecule has 0 radical (unpaired) electrons. The van der Waals surface area contributed by atoms with Crippen LogP contribution in [0.4, 0.5) is 0 Å². The van der Waals surface area contributed by atoms with Gasteiger partial charge in [0.2, 0.25) is 5.91 Å². The van der Waals surface area contributed by atoms with Crippen LogP contribution in [-0.2, 0) is 4.79 Å². The highest BCUT2D eigenvalue weighted by molar-refractivity contribution is 5.81. The molecule has 0 unspecified atom stereocenters. The van der Waals surface area contributed by atoms with Gasteiger partial charge in [-0.25, -0.2) is 0 Å². The smallest absolute Gasteiger partial charge is 0.239 e. The summed E-state index contributed by atoms with van der Waals surface area (Å²) < 4.78 is 0. The molecular weight excluding hydrogens is 188 g/mol. The summed E-state index contributed by atoms with van der Waals surface area (Å²) in [6, 6.07) is -0.307. The minimum Gasteiger partial charge on any atom is -0.341 e. The van der Waals surface area contributed by atoms with E-state index < -0.39 is 0 Å². The van der Waals surface area contributed by atoms with E-state index in [0.29, 0.717) is 5.92 Å². The lowest BCUT2D eigenvalue weighted by Crippen LogP contribution is -2.43. The fourth-order valence-electron chi connectivity index (χ4n) is 2.14. The van der Waals surface area contributed by atoms with Crippen LogP contribution >= 0.6 is 0 Å². The Hall–Kier alpha value is -0.570. The SMILES string of the molecule is CC(C)C[C@@H](N)C(=O)N1CCC(C)(C)C1. The van der Waals surface area contributed by atoms with Gasteiger partial charge in [-0.05, 0) is 24.2 Å². The van der Waals surface area contributed by atoms with Gasteiger partial charge in [-0.1, -0.05) is 27.7 Å². The van der Waals surface area contributed by atoms with Crippen molar-refractivity contribution < 1.29 is 4.79 Å². The maximum absolute atomic E-state index is 12.0. The van der Waals surface area contributed by atoms with Gasteiger partial charge in [0.1, 0.15) is 0 Å². The van der Waals surface area contributed by atoms with Gasteiger partial charge in [-0.3, -0.25) is 4.79 Å². The van der Waals surface area contributed by atoms with Crippen LogP contribution in [0.1, 0.15) is 40.5 Å². The summed E-state index contributed by atoms with van der Waals surface area (Å²) in [6.07, 6.45) is 1.88. The van der Waals surface area contributed by atoms with E-state index in [-0.39, 0.29) is 17.4 Å². The van der Waals surface area contributed by atoms with E-state index >= 15 is 0 Å². The highest BCUT2D eigenvalue weighted by Gasteiger charge is 2.33. The number of rotatable bonds is 3. The second kappa shape index (κ2) is 4.52. The van der Waals surface area contributed by atoms with E-state index in [9.17, 15) is 4.79 Å². The van der Waals surface area contributed by atoms with E-state index in [0.717, 1.165) is 25.9 Å². The molecule has 0 bridgehead atoms. The predicted octanol–water partition coefficient (Wildman–Crippen LogP) is 1.62. The third-order valence-corrected chi connectivity index (χ3v) is 3.03. The van der Waals surface area contributed by atoms with Gasteiger partial charge in [-0.15, -0.1) is 0 Å². The molecular formula is C12H24N2O. The highest BCUT2D eigenvalue weighted by Crippen LogP contribution is 2.29. The minimum absolute atomic E-state index is 0.134. The standard InChI is InChI=1S/C12H24N2O/c1-9(2)7-10(13)11(15)14-6-5-12(3,4)8-14/h9-10H,5-8,13H2,1-4H3/t10-/m1/s1. The van der Waals surface area contributed by atoms with Gasteiger partial charge in [-0.2, -0.15) is 0 Å². The first-order chi connectivity index (χ1) is 6.82. The Bertz CT molecular complexity index is 236. The Kier molecular flexibility index (Phi) is 3.77. The zero-order chi connectivity index (χ0) is 11.6. The molecule has 1 aliphatic heterocycles. The quantitative estimate of drug-likeness (QED) is 0.772. The molecule has 1 fully saturated rings. The topological polar surface area (TPSA) is 46.3 Å². The molecule has 0 aliphatic carbocycles. The molecule has 0 saturated carbocycles. The number of nitrogens with zero attached hydrogens (tertiary/aromatic N) is 1. The molecule has 0 spiro atoms. The van der Waals surface area contributed by atoms with Crippen molar-refractivity contribution >= 4 is 5.91 Å². The van der Waals surface area contributed by atoms with Gasteiger partial charge in [0, 0.05) is 13.1 Å². The number of carbonyl (C=O) groups is 1. The minimum atomic E-state index is -0.307. The average Bonchev–Trinajstić information content (AvgIpc) is 2.43. The second-order valence-corrected chi connectivity index (χ2v) is 5.91. The van der Waals surface area contributed by atoms with Crippen molar-refractivity contribution in [2.24, 2.45) is 17.1 Å². The van der Waals surface area contributed by atoms with Gasteiger partial charge in [0.05, 0.1) is 6.04 Å². The van der Waals surface area contributed by atoms with Gasteiger partial charge in [0.15, 0.2) is 0 Å². The zero-order valence-electron chi connectivity index (χ0n) is 10.4. The van der Waals surface area contributed by atoms with Crippen LogP contribution in [0.25, 0.3) is 0 Å². The normalized spacial score (nSPS) is 22.1. The van der Waals surface area contributed by atoms with Gasteiger partial charge >= 0.3 is 0 Å². The van der Waals surface area contributed by atoms with Crippen LogP contribution in [0.3, 0.4) is 0 Å². The molecule has 0 aromatic heterocycles. The fraction of sp³-hybridized carbons (Fsp3) is 0.917. The Morgan fingerprint density at radius 2 is 2.07 bits per heavy atom. The van der Waals surface area contributed by atoms with Gasteiger partial charge in [0.25, 0.3) is 0 Å². The summed E-state index contributed by atoms with van der Waals surface area (Å²) in [5.74, 6) is 0.619. The van der Waals surface area contributed by atoms with Gasteiger partial charge < -0.3 is 10.6 Å². The van der Waals surface area contributed by atoms with Crippen LogP contribution in [0.2, 0.25) is 0 Å². The lowest BCUT2D eigenvalue weighted by atomic mass is 9.93. The molecule has 2 N–H and O–H groups in total. The summed E-state index contributed by atoms with van der Waals surface area (Å²) >= 11 is 0. The largest absolute Gasteiger partial charge is 0.341 e. The molecule has 1 rings (SSSR count). The van der Waals surface area contributed by atoms with Crippen LogP contribution < -0.4 is 5.73 Å². The van der Waals surface area contributed by atoms with Crippen molar-refractivity contribution in [3.8, 4) is 0 Å². The third kappa shape index (κ3) is 3.49. The number of hydrogen-bond donors (Lipinski definition) is 1. The van der Waals surface area contributed by atoms with Crippen LogP contribution in [-0.4, -0.2) is 29.9 Å². The third-order valence-electron chi connectivity index (χ3n) is 3.03. The number of nitrogens with two attached hydrogens (primary N) is 1. The summed E-state index contributed by atoms with van der Waals surface area (Å²) in [4.78, 5) is 13.9. The summed E-state index contributed by atoms with van der Waals surface area (Å²) in [5.41, 5.74) is 6.17. The van der Waals surface area contributed by atoms with Crippen molar-refractivity contribution in [1.29, 1.82) is 0 Å². The summed E-state index contributed by atoms with van der Waals surface area (Å²) in [5, 5.41) is 0. The molecule has 88 valence electrons. The van der Waals surface area contributed by atoms with Crippen molar-refractivity contribution in [2.45, 2.75) is 46.6 Å². The molecule has 1 aliphatic rings. The zero-order valence-corrected chi connectivity index (χ0v) is 10.4. The molecule has 1 heterocycles. The second-order valence-electron chi connectivity index (χ2n) is 5.91. The molecule has 15 heavy (non-hydrogen) atoms. The maximum Gasteiger partial charge on any atom is 0.239 e. The first kappa shape index (κ1) is 12.5. The van der Waals surface area contributed by atoms with Crippen molar-refractivity contribution in [2.75, 3.05) is 13.1 Å². The maximum atomic E-state index is 12.0. The fourth-order valence-corrected chi connectivity index (χ4v) is 2.14. The molecule has 1 atom stereocenters. The number of likely N-dealkylation sites (tertiary alicyclic amines) is 1. The molecule has 1 saturated heterocycles. The molecule has 0 aromatic carbocycles. The summed E-state index contributed by atoms with van der Waals surface area (Å²) in [7, 11) is 0. The molecule has 3 heteroatoms. The Balaban J connectivity index is 2.48. The van der Waals surface area contributed by atoms with Crippen LogP contribution in [0.15, 0.2) is 0 Å². The van der Waals surface area contributed by atoms with Crippen LogP contribution in [0.5, 0.6) is 0 Å². The van der Waals surface area contributed by atoms with Crippen molar-refractivity contribution in [1.82, 2.24) is 4.90 Å². The van der Waals surface area contributed by atoms with E-state index in [1.165, 1.54) is 0 Å². The predicted molar refractivity (Wildman–Crippen MR) is 62.4 cm³/mol. The van der Waals surface area contributed by atoms with E-state index in [4.69, 9.17) is 5.73 Å². The lowest BCUT2D eigenvalue weighted by molar-refractivity contribution is -0.132. The molecule has 0 aromatic rings. The molecule has 3 nitrogen and oxygen atoms in total. The Morgan fingerprint density at radius 1 is 1.47 bits per heavy atom. The average molecular weight is 212 g/mol. The first-order valence-corrected chi connectivity index (χ1v) is 5.86. The van der Waals surface area contributed by atoms with Crippen molar-refractivity contribution in [3.05, 3.63) is 0 Å². The Labute approximate surface area is 93.0 Å². The van der Waals surface area contributed by atoms with E-state index in [2.05, 4.69) is 27.7 Å². The monoisotopic (exact) mass is 212 g/mol. The van der Waals surface area contributed by atoms with E-state index in [1.54, 1.807) is 0 Å². The lowest BCUT2D eigenvalue weighted by Gasteiger charge is -2.23. The number of carbonyl (C=O) groups excluding carboxylic acids is 1. The number of amides is 1. The summed E-state index contributed by atoms with van der Waals surface area (Å²) in [6.45, 7) is 10.3.